The van der Waals surface area contributed by atoms with Crippen molar-refractivity contribution in [2.75, 3.05) is 19.6 Å². The topological polar surface area (TPSA) is 41.1 Å². The fourth-order valence-corrected chi connectivity index (χ4v) is 2.63. The Bertz CT molecular complexity index is 445. The summed E-state index contributed by atoms with van der Waals surface area (Å²) in [5.74, 6) is 0.0713. The van der Waals surface area contributed by atoms with Crippen molar-refractivity contribution in [2.24, 2.45) is 5.41 Å². The molecule has 0 radical (unpaired) electrons. The molecule has 0 aromatic heterocycles. The number of halogens is 2. The summed E-state index contributed by atoms with van der Waals surface area (Å²) in [5.41, 5.74) is 1.19. The molecule has 0 bridgehead atoms. The zero-order valence-corrected chi connectivity index (χ0v) is 13.3. The zero-order valence-electron chi connectivity index (χ0n) is 11.7. The third kappa shape index (κ3) is 5.31. The highest BCUT2D eigenvalue weighted by atomic mass is 35.5. The molecule has 5 heteroatoms. The fraction of sp³-hybridized carbons (Fsp3) is 0.533. The minimum atomic E-state index is 0. The molecule has 0 unspecified atom stereocenters. The van der Waals surface area contributed by atoms with Crippen molar-refractivity contribution >= 4 is 29.9 Å². The molecule has 1 aromatic carbocycles. The Hall–Kier alpha value is -0.770. The van der Waals surface area contributed by atoms with E-state index in [9.17, 15) is 4.79 Å². The molecule has 0 spiro atoms. The first-order chi connectivity index (χ1) is 9.07. The third-order valence-corrected chi connectivity index (χ3v) is 4.01. The highest BCUT2D eigenvalue weighted by molar-refractivity contribution is 6.30. The predicted molar refractivity (Wildman–Crippen MR) is 85.6 cm³/mol. The van der Waals surface area contributed by atoms with Gasteiger partial charge in [0.2, 0.25) is 5.91 Å². The van der Waals surface area contributed by atoms with Crippen molar-refractivity contribution in [1.29, 1.82) is 0 Å². The molecule has 1 aromatic rings. The van der Waals surface area contributed by atoms with Gasteiger partial charge in [0.15, 0.2) is 0 Å². The Morgan fingerprint density at radius 3 is 2.75 bits per heavy atom. The SMILES string of the molecule is CC1(CNC(=O)Cc2cccc(Cl)c2)CCNCC1.Cl. The number of benzene rings is 1. The molecule has 1 saturated heterocycles. The molecule has 0 saturated carbocycles. The molecular formula is C15H22Cl2N2O. The summed E-state index contributed by atoms with van der Waals surface area (Å²) in [6.45, 7) is 5.09. The van der Waals surface area contributed by atoms with Crippen molar-refractivity contribution in [3.8, 4) is 0 Å². The molecular weight excluding hydrogens is 295 g/mol. The van der Waals surface area contributed by atoms with Crippen LogP contribution < -0.4 is 10.6 Å². The van der Waals surface area contributed by atoms with Crippen LogP contribution in [0.2, 0.25) is 5.02 Å². The summed E-state index contributed by atoms with van der Waals surface area (Å²) < 4.78 is 0. The second-order valence-electron chi connectivity index (χ2n) is 5.64. The van der Waals surface area contributed by atoms with Crippen LogP contribution in [0.5, 0.6) is 0 Å². The highest BCUT2D eigenvalue weighted by Crippen LogP contribution is 2.26. The maximum absolute atomic E-state index is 11.9. The fourth-order valence-electron chi connectivity index (χ4n) is 2.41. The lowest BCUT2D eigenvalue weighted by Gasteiger charge is -2.34. The van der Waals surface area contributed by atoms with Gasteiger partial charge in [-0.2, -0.15) is 0 Å². The number of rotatable bonds is 4. The van der Waals surface area contributed by atoms with Gasteiger partial charge in [-0.25, -0.2) is 0 Å². The van der Waals surface area contributed by atoms with Gasteiger partial charge in [0.05, 0.1) is 6.42 Å². The van der Waals surface area contributed by atoms with Crippen LogP contribution in [0.15, 0.2) is 24.3 Å². The standard InChI is InChI=1S/C15H21ClN2O.ClH/c1-15(5-7-17-8-6-15)11-18-14(19)10-12-3-2-4-13(16)9-12;/h2-4,9,17H,5-8,10-11H2,1H3,(H,18,19);1H. The van der Waals surface area contributed by atoms with Crippen LogP contribution in [0.1, 0.15) is 25.3 Å². The quantitative estimate of drug-likeness (QED) is 0.896. The van der Waals surface area contributed by atoms with Gasteiger partial charge in [0, 0.05) is 11.6 Å². The molecule has 2 N–H and O–H groups in total. The number of hydrogen-bond donors (Lipinski definition) is 2. The summed E-state index contributed by atoms with van der Waals surface area (Å²) in [5, 5.41) is 7.07. The van der Waals surface area contributed by atoms with E-state index in [2.05, 4.69) is 17.6 Å². The molecule has 1 aliphatic rings. The lowest BCUT2D eigenvalue weighted by atomic mass is 9.81. The van der Waals surface area contributed by atoms with E-state index in [-0.39, 0.29) is 23.7 Å². The third-order valence-electron chi connectivity index (χ3n) is 3.78. The van der Waals surface area contributed by atoms with E-state index < -0.39 is 0 Å². The predicted octanol–water partition coefficient (Wildman–Crippen LogP) is 2.81. The smallest absolute Gasteiger partial charge is 0.224 e. The lowest BCUT2D eigenvalue weighted by Crippen LogP contribution is -2.43. The molecule has 0 atom stereocenters. The molecule has 1 aliphatic heterocycles. The van der Waals surface area contributed by atoms with E-state index in [4.69, 9.17) is 11.6 Å². The van der Waals surface area contributed by atoms with Gasteiger partial charge in [-0.05, 0) is 49.0 Å². The van der Waals surface area contributed by atoms with Crippen molar-refractivity contribution < 1.29 is 4.79 Å². The van der Waals surface area contributed by atoms with E-state index >= 15 is 0 Å². The van der Waals surface area contributed by atoms with Crippen LogP contribution in [0, 0.1) is 5.41 Å². The summed E-state index contributed by atoms with van der Waals surface area (Å²) in [6, 6.07) is 7.46. The minimum absolute atomic E-state index is 0. The zero-order chi connectivity index (χ0) is 13.7. The largest absolute Gasteiger partial charge is 0.355 e. The van der Waals surface area contributed by atoms with Crippen molar-refractivity contribution in [3.63, 3.8) is 0 Å². The Labute approximate surface area is 131 Å². The average molecular weight is 317 g/mol. The molecule has 1 fully saturated rings. The first-order valence-electron chi connectivity index (χ1n) is 6.79. The number of hydrogen-bond acceptors (Lipinski definition) is 2. The van der Waals surface area contributed by atoms with Crippen LogP contribution in [0.25, 0.3) is 0 Å². The van der Waals surface area contributed by atoms with Crippen molar-refractivity contribution in [1.82, 2.24) is 10.6 Å². The van der Waals surface area contributed by atoms with E-state index in [1.807, 2.05) is 24.3 Å². The molecule has 2 rings (SSSR count). The molecule has 1 heterocycles. The van der Waals surface area contributed by atoms with Crippen LogP contribution in [0.4, 0.5) is 0 Å². The van der Waals surface area contributed by atoms with Gasteiger partial charge < -0.3 is 10.6 Å². The monoisotopic (exact) mass is 316 g/mol. The van der Waals surface area contributed by atoms with Gasteiger partial charge in [0.25, 0.3) is 0 Å². The normalized spacial score (nSPS) is 17.1. The molecule has 0 aliphatic carbocycles. The number of carbonyl (C=O) groups excluding carboxylic acids is 1. The first-order valence-corrected chi connectivity index (χ1v) is 7.17. The van der Waals surface area contributed by atoms with Crippen molar-refractivity contribution in [2.45, 2.75) is 26.2 Å². The van der Waals surface area contributed by atoms with Gasteiger partial charge in [-0.15, -0.1) is 12.4 Å². The van der Waals surface area contributed by atoms with E-state index in [1.165, 1.54) is 0 Å². The van der Waals surface area contributed by atoms with E-state index in [1.54, 1.807) is 0 Å². The van der Waals surface area contributed by atoms with Crippen LogP contribution in [-0.4, -0.2) is 25.5 Å². The summed E-state index contributed by atoms with van der Waals surface area (Å²) in [4.78, 5) is 11.9. The maximum Gasteiger partial charge on any atom is 0.224 e. The lowest BCUT2D eigenvalue weighted by molar-refractivity contribution is -0.121. The molecule has 1 amide bonds. The maximum atomic E-state index is 11.9. The number of amides is 1. The van der Waals surface area contributed by atoms with Gasteiger partial charge in [-0.1, -0.05) is 30.7 Å². The summed E-state index contributed by atoms with van der Waals surface area (Å²) >= 11 is 5.91. The van der Waals surface area contributed by atoms with Crippen molar-refractivity contribution in [3.05, 3.63) is 34.9 Å². The van der Waals surface area contributed by atoms with Gasteiger partial charge in [-0.3, -0.25) is 4.79 Å². The summed E-state index contributed by atoms with van der Waals surface area (Å²) in [7, 11) is 0. The minimum Gasteiger partial charge on any atom is -0.355 e. The summed E-state index contributed by atoms with van der Waals surface area (Å²) in [6.07, 6.45) is 2.63. The first kappa shape index (κ1) is 17.3. The van der Waals surface area contributed by atoms with Gasteiger partial charge in [0.1, 0.15) is 0 Å². The second kappa shape index (κ2) is 7.87. The van der Waals surface area contributed by atoms with E-state index in [0.29, 0.717) is 11.4 Å². The average Bonchev–Trinajstić information content (AvgIpc) is 2.38. The Balaban J connectivity index is 0.00000200. The number of piperidine rings is 1. The molecule has 112 valence electrons. The van der Waals surface area contributed by atoms with Crippen LogP contribution in [0.3, 0.4) is 0 Å². The molecule has 3 nitrogen and oxygen atoms in total. The molecule has 20 heavy (non-hydrogen) atoms. The van der Waals surface area contributed by atoms with Crippen LogP contribution >= 0.6 is 24.0 Å². The van der Waals surface area contributed by atoms with E-state index in [0.717, 1.165) is 38.0 Å². The van der Waals surface area contributed by atoms with Crippen LogP contribution in [-0.2, 0) is 11.2 Å². The Kier molecular flexibility index (Phi) is 6.80. The Morgan fingerprint density at radius 2 is 2.10 bits per heavy atom. The Morgan fingerprint density at radius 1 is 1.40 bits per heavy atom. The van der Waals surface area contributed by atoms with Gasteiger partial charge >= 0.3 is 0 Å². The number of nitrogens with one attached hydrogen (secondary N) is 2. The highest BCUT2D eigenvalue weighted by Gasteiger charge is 2.26. The second-order valence-corrected chi connectivity index (χ2v) is 6.08. The number of carbonyl (C=O) groups is 1.